The fraction of sp³-hybridized carbons (Fsp3) is 0.188. The average molecular weight is 285 g/mol. The van der Waals surface area contributed by atoms with Crippen LogP contribution in [0.3, 0.4) is 0 Å². The number of Topliss-reactive ketones (excluding diaryl/α,β-unsaturated/α-hetero) is 1. The van der Waals surface area contributed by atoms with Crippen molar-refractivity contribution in [2.75, 3.05) is 0 Å². The van der Waals surface area contributed by atoms with Gasteiger partial charge in [0.05, 0.1) is 11.0 Å². The van der Waals surface area contributed by atoms with E-state index >= 15 is 0 Å². The molecule has 0 aliphatic heterocycles. The Labute approximate surface area is 122 Å². The van der Waals surface area contributed by atoms with Crippen LogP contribution in [0.25, 0.3) is 0 Å². The van der Waals surface area contributed by atoms with Gasteiger partial charge in [-0.15, -0.1) is 0 Å². The van der Waals surface area contributed by atoms with Crippen molar-refractivity contribution in [1.82, 2.24) is 0 Å². The van der Waals surface area contributed by atoms with Crippen LogP contribution in [-0.2, 0) is 11.2 Å². The van der Waals surface area contributed by atoms with Crippen LogP contribution in [0.4, 0.5) is 5.69 Å². The highest BCUT2D eigenvalue weighted by atomic mass is 16.6. The Hall–Kier alpha value is -2.53. The number of rotatable bonds is 6. The standard InChI is InChI=1S/C16H15NO4/c18-15(10-12-4-2-1-3-5-12)11-16(19)13-6-8-14(9-7-13)17(20)21/h1-9,16,19H,10-11H2/t16-/m1/s1. The van der Waals surface area contributed by atoms with Gasteiger partial charge in [-0.25, -0.2) is 0 Å². The number of non-ortho nitro benzene ring substituents is 1. The number of hydrogen-bond acceptors (Lipinski definition) is 4. The summed E-state index contributed by atoms with van der Waals surface area (Å²) in [5, 5.41) is 20.6. The van der Waals surface area contributed by atoms with Crippen LogP contribution in [0.5, 0.6) is 0 Å². The maximum Gasteiger partial charge on any atom is 0.269 e. The molecule has 108 valence electrons. The third-order valence-electron chi connectivity index (χ3n) is 3.15. The molecule has 2 aromatic rings. The first-order chi connectivity index (χ1) is 10.1. The maximum absolute atomic E-state index is 11.9. The minimum absolute atomic E-state index is 0.00724. The molecule has 0 spiro atoms. The third-order valence-corrected chi connectivity index (χ3v) is 3.15. The molecule has 0 bridgehead atoms. The minimum atomic E-state index is -0.943. The van der Waals surface area contributed by atoms with Crippen LogP contribution in [0, 0.1) is 10.1 Å². The number of aliphatic hydroxyl groups excluding tert-OH is 1. The molecule has 5 nitrogen and oxygen atoms in total. The van der Waals surface area contributed by atoms with Crippen LogP contribution in [-0.4, -0.2) is 15.8 Å². The Morgan fingerprint density at radius 1 is 1.10 bits per heavy atom. The highest BCUT2D eigenvalue weighted by molar-refractivity contribution is 5.81. The quantitative estimate of drug-likeness (QED) is 0.653. The molecule has 0 heterocycles. The molecule has 0 unspecified atom stereocenters. The predicted molar refractivity (Wildman–Crippen MR) is 77.8 cm³/mol. The van der Waals surface area contributed by atoms with Crippen LogP contribution in [0.2, 0.25) is 0 Å². The fourth-order valence-corrected chi connectivity index (χ4v) is 2.05. The van der Waals surface area contributed by atoms with E-state index in [1.165, 1.54) is 24.3 Å². The van der Waals surface area contributed by atoms with Gasteiger partial charge in [-0.3, -0.25) is 14.9 Å². The summed E-state index contributed by atoms with van der Waals surface area (Å²) in [5.41, 5.74) is 1.36. The number of aliphatic hydroxyl groups is 1. The normalized spacial score (nSPS) is 11.9. The van der Waals surface area contributed by atoms with Gasteiger partial charge >= 0.3 is 0 Å². The summed E-state index contributed by atoms with van der Waals surface area (Å²) in [7, 11) is 0. The highest BCUT2D eigenvalue weighted by Crippen LogP contribution is 2.21. The monoisotopic (exact) mass is 285 g/mol. The molecule has 2 rings (SSSR count). The molecule has 1 N–H and O–H groups in total. The second kappa shape index (κ2) is 6.76. The van der Waals surface area contributed by atoms with Gasteiger partial charge in [0.1, 0.15) is 5.78 Å². The molecular weight excluding hydrogens is 270 g/mol. The van der Waals surface area contributed by atoms with Crippen molar-refractivity contribution in [3.63, 3.8) is 0 Å². The first-order valence-corrected chi connectivity index (χ1v) is 6.54. The molecule has 0 fully saturated rings. The summed E-state index contributed by atoms with van der Waals surface area (Å²) >= 11 is 0. The summed E-state index contributed by atoms with van der Waals surface area (Å²) in [6.07, 6.45) is -0.681. The summed E-state index contributed by atoms with van der Waals surface area (Å²) in [6.45, 7) is 0. The second-order valence-corrected chi connectivity index (χ2v) is 4.77. The molecule has 0 radical (unpaired) electrons. The molecule has 0 aromatic heterocycles. The number of ketones is 1. The minimum Gasteiger partial charge on any atom is -0.388 e. The van der Waals surface area contributed by atoms with Crippen LogP contribution < -0.4 is 0 Å². The lowest BCUT2D eigenvalue weighted by Crippen LogP contribution is -2.09. The van der Waals surface area contributed by atoms with Crippen molar-refractivity contribution in [3.05, 3.63) is 75.8 Å². The van der Waals surface area contributed by atoms with Crippen LogP contribution in [0.15, 0.2) is 54.6 Å². The molecule has 2 aromatic carbocycles. The van der Waals surface area contributed by atoms with Crippen LogP contribution >= 0.6 is 0 Å². The Morgan fingerprint density at radius 3 is 2.29 bits per heavy atom. The van der Waals surface area contributed by atoms with E-state index in [2.05, 4.69) is 0 Å². The number of carbonyl (C=O) groups excluding carboxylic acids is 1. The summed E-state index contributed by atoms with van der Waals surface area (Å²) in [4.78, 5) is 22.0. The lowest BCUT2D eigenvalue weighted by Gasteiger charge is -2.10. The second-order valence-electron chi connectivity index (χ2n) is 4.77. The molecule has 0 aliphatic rings. The molecule has 1 atom stereocenters. The predicted octanol–water partition coefficient (Wildman–Crippen LogP) is 2.83. The molecule has 5 heteroatoms. The third kappa shape index (κ3) is 4.22. The Balaban J connectivity index is 1.95. The topological polar surface area (TPSA) is 80.4 Å². The first-order valence-electron chi connectivity index (χ1n) is 6.54. The van der Waals surface area contributed by atoms with Gasteiger partial charge in [0.2, 0.25) is 0 Å². The van der Waals surface area contributed by atoms with Gasteiger partial charge in [-0.1, -0.05) is 30.3 Å². The van der Waals surface area contributed by atoms with E-state index in [1.54, 1.807) is 0 Å². The number of nitro benzene ring substituents is 1. The lowest BCUT2D eigenvalue weighted by molar-refractivity contribution is -0.384. The lowest BCUT2D eigenvalue weighted by atomic mass is 10.00. The number of hydrogen-bond donors (Lipinski definition) is 1. The van der Waals surface area contributed by atoms with E-state index in [4.69, 9.17) is 0 Å². The molecule has 0 saturated heterocycles. The highest BCUT2D eigenvalue weighted by Gasteiger charge is 2.14. The molecule has 0 saturated carbocycles. The number of nitro groups is 1. The zero-order valence-corrected chi connectivity index (χ0v) is 11.3. The molecule has 0 amide bonds. The van der Waals surface area contributed by atoms with Crippen molar-refractivity contribution in [3.8, 4) is 0 Å². The van der Waals surface area contributed by atoms with Gasteiger partial charge in [0, 0.05) is 25.0 Å². The van der Waals surface area contributed by atoms with E-state index in [1.807, 2.05) is 30.3 Å². The molecule has 0 aliphatic carbocycles. The fourth-order valence-electron chi connectivity index (χ4n) is 2.05. The summed E-state index contributed by atoms with van der Waals surface area (Å²) in [6, 6.07) is 14.9. The van der Waals surface area contributed by atoms with Crippen LogP contribution in [0.1, 0.15) is 23.7 Å². The SMILES string of the molecule is O=C(Cc1ccccc1)C[C@@H](O)c1ccc([N+](=O)[O-])cc1. The van der Waals surface area contributed by atoms with Gasteiger partial charge < -0.3 is 5.11 Å². The molecular formula is C16H15NO4. The van der Waals surface area contributed by atoms with Gasteiger partial charge in [-0.2, -0.15) is 0 Å². The van der Waals surface area contributed by atoms with Gasteiger partial charge in [0.15, 0.2) is 0 Å². The van der Waals surface area contributed by atoms with E-state index in [-0.39, 0.29) is 24.3 Å². The van der Waals surface area contributed by atoms with Crippen molar-refractivity contribution in [1.29, 1.82) is 0 Å². The van der Waals surface area contributed by atoms with Crippen molar-refractivity contribution in [2.45, 2.75) is 18.9 Å². The van der Waals surface area contributed by atoms with Gasteiger partial charge in [-0.05, 0) is 23.3 Å². The number of carbonyl (C=O) groups is 1. The Morgan fingerprint density at radius 2 is 1.71 bits per heavy atom. The largest absolute Gasteiger partial charge is 0.388 e. The maximum atomic E-state index is 11.9. The van der Waals surface area contributed by atoms with E-state index in [0.29, 0.717) is 5.56 Å². The van der Waals surface area contributed by atoms with Crippen molar-refractivity contribution in [2.24, 2.45) is 0 Å². The number of benzene rings is 2. The zero-order chi connectivity index (χ0) is 15.2. The van der Waals surface area contributed by atoms with Gasteiger partial charge in [0.25, 0.3) is 5.69 Å². The Bertz CT molecular complexity index is 622. The smallest absolute Gasteiger partial charge is 0.269 e. The first kappa shape index (κ1) is 14.9. The average Bonchev–Trinajstić information content (AvgIpc) is 2.48. The van der Waals surface area contributed by atoms with E-state index in [0.717, 1.165) is 5.56 Å². The van der Waals surface area contributed by atoms with Crippen molar-refractivity contribution >= 4 is 11.5 Å². The van der Waals surface area contributed by atoms with Crippen molar-refractivity contribution < 1.29 is 14.8 Å². The summed E-state index contributed by atoms with van der Waals surface area (Å²) in [5.74, 6) is -0.0768. The summed E-state index contributed by atoms with van der Waals surface area (Å²) < 4.78 is 0. The van der Waals surface area contributed by atoms with E-state index < -0.39 is 11.0 Å². The zero-order valence-electron chi connectivity index (χ0n) is 11.3. The number of nitrogens with zero attached hydrogens (tertiary/aromatic N) is 1. The van der Waals surface area contributed by atoms with E-state index in [9.17, 15) is 20.0 Å². The molecule has 21 heavy (non-hydrogen) atoms. The Kier molecular flexibility index (Phi) is 4.79.